The summed E-state index contributed by atoms with van der Waals surface area (Å²) in [5.74, 6) is 0.529. The Morgan fingerprint density at radius 1 is 1.44 bits per heavy atom. The number of carbonyl (C=O) groups is 1. The normalized spacial score (nSPS) is 25.8. The Morgan fingerprint density at radius 2 is 2.06 bits per heavy atom. The van der Waals surface area contributed by atoms with Gasteiger partial charge in [-0.1, -0.05) is 20.8 Å². The van der Waals surface area contributed by atoms with Gasteiger partial charge in [0.1, 0.15) is 0 Å². The average Bonchev–Trinajstić information content (AvgIpc) is 2.26. The highest BCUT2D eigenvalue weighted by molar-refractivity contribution is 5.85. The molecule has 3 atom stereocenters. The third kappa shape index (κ3) is 5.12. The highest BCUT2D eigenvalue weighted by atomic mass is 35.5. The van der Waals surface area contributed by atoms with Gasteiger partial charge in [0.05, 0.1) is 18.2 Å². The predicted octanol–water partition coefficient (Wildman–Crippen LogP) is 1.81. The van der Waals surface area contributed by atoms with Gasteiger partial charge in [-0.05, 0) is 25.7 Å². The number of rotatable bonds is 4. The average molecular weight is 279 g/mol. The van der Waals surface area contributed by atoms with Crippen LogP contribution in [0, 0.1) is 5.92 Å². The second-order valence-electron chi connectivity index (χ2n) is 5.46. The van der Waals surface area contributed by atoms with Gasteiger partial charge in [0, 0.05) is 13.1 Å². The van der Waals surface area contributed by atoms with Gasteiger partial charge in [-0.2, -0.15) is 0 Å². The molecule has 0 saturated carbocycles. The fourth-order valence-electron chi connectivity index (χ4n) is 2.29. The summed E-state index contributed by atoms with van der Waals surface area (Å²) in [6.07, 6.45) is 1.97. The zero-order valence-corrected chi connectivity index (χ0v) is 12.7. The molecule has 5 heteroatoms. The molecule has 1 rings (SSSR count). The van der Waals surface area contributed by atoms with Crippen LogP contribution in [0.25, 0.3) is 0 Å². The lowest BCUT2D eigenvalue weighted by Gasteiger charge is -2.37. The molecular weight excluding hydrogens is 252 g/mol. The molecule has 2 N–H and O–H groups in total. The van der Waals surface area contributed by atoms with E-state index in [2.05, 4.69) is 20.8 Å². The summed E-state index contributed by atoms with van der Waals surface area (Å²) in [5.41, 5.74) is 5.95. The van der Waals surface area contributed by atoms with E-state index in [0.29, 0.717) is 19.0 Å². The predicted molar refractivity (Wildman–Crippen MR) is 75.9 cm³/mol. The van der Waals surface area contributed by atoms with Crippen molar-refractivity contribution in [2.24, 2.45) is 11.7 Å². The second-order valence-corrected chi connectivity index (χ2v) is 5.46. The lowest BCUT2D eigenvalue weighted by atomic mass is 10.0. The van der Waals surface area contributed by atoms with E-state index in [1.807, 2.05) is 11.8 Å². The van der Waals surface area contributed by atoms with Crippen molar-refractivity contribution < 1.29 is 9.53 Å². The first-order chi connectivity index (χ1) is 7.93. The van der Waals surface area contributed by atoms with E-state index in [1.54, 1.807) is 0 Å². The maximum Gasteiger partial charge on any atom is 0.239 e. The minimum Gasteiger partial charge on any atom is -0.372 e. The Balaban J connectivity index is 0.00000289. The molecule has 108 valence electrons. The van der Waals surface area contributed by atoms with Crippen LogP contribution in [-0.2, 0) is 9.53 Å². The Kier molecular flexibility index (Phi) is 7.83. The molecule has 0 spiro atoms. The van der Waals surface area contributed by atoms with Gasteiger partial charge in [0.15, 0.2) is 0 Å². The summed E-state index contributed by atoms with van der Waals surface area (Å²) in [5, 5.41) is 0. The van der Waals surface area contributed by atoms with Gasteiger partial charge < -0.3 is 15.4 Å². The Morgan fingerprint density at radius 3 is 2.56 bits per heavy atom. The van der Waals surface area contributed by atoms with Gasteiger partial charge in [0.2, 0.25) is 5.91 Å². The molecule has 0 aromatic carbocycles. The maximum absolute atomic E-state index is 12.2. The van der Waals surface area contributed by atoms with Crippen LogP contribution in [0.4, 0.5) is 0 Å². The van der Waals surface area contributed by atoms with Crippen molar-refractivity contribution in [2.45, 2.75) is 58.8 Å². The summed E-state index contributed by atoms with van der Waals surface area (Å²) in [6, 6.07) is -0.363. The lowest BCUT2D eigenvalue weighted by molar-refractivity contribution is -0.146. The molecule has 0 bridgehead atoms. The van der Waals surface area contributed by atoms with E-state index in [1.165, 1.54) is 0 Å². The number of carbonyl (C=O) groups excluding carboxylic acids is 1. The molecule has 0 radical (unpaired) electrons. The molecule has 0 aromatic rings. The monoisotopic (exact) mass is 278 g/mol. The minimum absolute atomic E-state index is 0. The van der Waals surface area contributed by atoms with Crippen LogP contribution in [0.3, 0.4) is 0 Å². The first-order valence-corrected chi connectivity index (χ1v) is 6.63. The van der Waals surface area contributed by atoms with Crippen LogP contribution in [0.5, 0.6) is 0 Å². The van der Waals surface area contributed by atoms with E-state index in [4.69, 9.17) is 10.5 Å². The summed E-state index contributed by atoms with van der Waals surface area (Å²) in [7, 11) is 0. The van der Waals surface area contributed by atoms with Crippen molar-refractivity contribution in [1.29, 1.82) is 0 Å². The number of hydrogen-bond acceptors (Lipinski definition) is 3. The Labute approximate surface area is 117 Å². The molecular formula is C13H27ClN2O2. The van der Waals surface area contributed by atoms with E-state index in [9.17, 15) is 4.79 Å². The van der Waals surface area contributed by atoms with Crippen molar-refractivity contribution in [1.82, 2.24) is 4.90 Å². The number of hydrogen-bond donors (Lipinski definition) is 1. The van der Waals surface area contributed by atoms with Gasteiger partial charge in [-0.3, -0.25) is 4.79 Å². The molecule has 1 amide bonds. The van der Waals surface area contributed by atoms with E-state index >= 15 is 0 Å². The summed E-state index contributed by atoms with van der Waals surface area (Å²) in [4.78, 5) is 14.1. The molecule has 2 unspecified atom stereocenters. The molecule has 1 aliphatic heterocycles. The zero-order valence-electron chi connectivity index (χ0n) is 11.9. The fraction of sp³-hybridized carbons (Fsp3) is 0.923. The first-order valence-electron chi connectivity index (χ1n) is 6.63. The van der Waals surface area contributed by atoms with E-state index in [0.717, 1.165) is 12.8 Å². The molecule has 18 heavy (non-hydrogen) atoms. The lowest BCUT2D eigenvalue weighted by Crippen LogP contribution is -2.53. The van der Waals surface area contributed by atoms with Crippen molar-refractivity contribution in [3.63, 3.8) is 0 Å². The number of amides is 1. The fourth-order valence-corrected chi connectivity index (χ4v) is 2.29. The standard InChI is InChI=1S/C13H26N2O2.ClH/c1-5-11-8-15(7-10(4)17-11)13(16)12(14)6-9(2)3;/h9-12H,5-8,14H2,1-4H3;1H/t10?,11?,12-;/m0./s1. The molecule has 1 aliphatic rings. The van der Waals surface area contributed by atoms with Crippen molar-refractivity contribution in [3.05, 3.63) is 0 Å². The van der Waals surface area contributed by atoms with Crippen LogP contribution in [-0.4, -0.2) is 42.1 Å². The van der Waals surface area contributed by atoms with Crippen LogP contribution in [0.15, 0.2) is 0 Å². The van der Waals surface area contributed by atoms with E-state index < -0.39 is 0 Å². The molecule has 1 saturated heterocycles. The summed E-state index contributed by atoms with van der Waals surface area (Å²) >= 11 is 0. The number of nitrogens with zero attached hydrogens (tertiary/aromatic N) is 1. The third-order valence-electron chi connectivity index (χ3n) is 3.14. The van der Waals surface area contributed by atoms with E-state index in [-0.39, 0.29) is 36.6 Å². The number of halogens is 1. The summed E-state index contributed by atoms with van der Waals surface area (Å²) < 4.78 is 5.74. The van der Waals surface area contributed by atoms with Gasteiger partial charge in [0.25, 0.3) is 0 Å². The quantitative estimate of drug-likeness (QED) is 0.853. The molecule has 1 fully saturated rings. The van der Waals surface area contributed by atoms with Gasteiger partial charge in [-0.15, -0.1) is 12.4 Å². The van der Waals surface area contributed by atoms with Crippen molar-refractivity contribution in [3.8, 4) is 0 Å². The van der Waals surface area contributed by atoms with Crippen LogP contribution < -0.4 is 5.73 Å². The molecule has 4 nitrogen and oxygen atoms in total. The molecule has 1 heterocycles. The maximum atomic E-state index is 12.2. The topological polar surface area (TPSA) is 55.6 Å². The van der Waals surface area contributed by atoms with Gasteiger partial charge in [-0.25, -0.2) is 0 Å². The minimum atomic E-state index is -0.363. The van der Waals surface area contributed by atoms with Crippen LogP contribution in [0.1, 0.15) is 40.5 Å². The third-order valence-corrected chi connectivity index (χ3v) is 3.14. The number of morpholine rings is 1. The number of nitrogens with two attached hydrogens (primary N) is 1. The number of ether oxygens (including phenoxy) is 1. The molecule has 0 aliphatic carbocycles. The van der Waals surface area contributed by atoms with Gasteiger partial charge >= 0.3 is 0 Å². The van der Waals surface area contributed by atoms with Crippen LogP contribution in [0.2, 0.25) is 0 Å². The SMILES string of the molecule is CCC1CN(C(=O)[C@@H](N)CC(C)C)CC(C)O1.Cl. The highest BCUT2D eigenvalue weighted by Gasteiger charge is 2.30. The summed E-state index contributed by atoms with van der Waals surface area (Å²) in [6.45, 7) is 9.62. The Hall–Kier alpha value is -0.320. The second kappa shape index (κ2) is 7.97. The smallest absolute Gasteiger partial charge is 0.239 e. The largest absolute Gasteiger partial charge is 0.372 e. The van der Waals surface area contributed by atoms with Crippen LogP contribution >= 0.6 is 12.4 Å². The first kappa shape index (κ1) is 17.7. The highest BCUT2D eigenvalue weighted by Crippen LogP contribution is 2.15. The van der Waals surface area contributed by atoms with Crippen molar-refractivity contribution >= 4 is 18.3 Å². The van der Waals surface area contributed by atoms with Crippen molar-refractivity contribution in [2.75, 3.05) is 13.1 Å². The zero-order chi connectivity index (χ0) is 13.0. The Bertz CT molecular complexity index is 261. The molecule has 0 aromatic heterocycles.